The number of amides is 1. The van der Waals surface area contributed by atoms with Crippen LogP contribution in [0.1, 0.15) is 43.1 Å². The van der Waals surface area contributed by atoms with Crippen LogP contribution in [0.4, 0.5) is 4.39 Å². The molecule has 0 heterocycles. The van der Waals surface area contributed by atoms with Crippen LogP contribution in [-0.4, -0.2) is 37.6 Å². The zero-order chi connectivity index (χ0) is 21.9. The van der Waals surface area contributed by atoms with Crippen molar-refractivity contribution in [1.29, 1.82) is 0 Å². The van der Waals surface area contributed by atoms with Crippen LogP contribution in [0, 0.1) is 5.82 Å². The minimum absolute atomic E-state index is 0.0647. The Hall–Kier alpha value is -3.09. The summed E-state index contributed by atoms with van der Waals surface area (Å²) in [7, 11) is 1.68. The molecule has 1 amide bonds. The first-order chi connectivity index (χ1) is 14.4. The van der Waals surface area contributed by atoms with Gasteiger partial charge in [-0.1, -0.05) is 31.2 Å². The number of halogens is 1. The first kappa shape index (κ1) is 23.2. The highest BCUT2D eigenvalue weighted by molar-refractivity contribution is 5.94. The lowest BCUT2D eigenvalue weighted by molar-refractivity contribution is 0.0939. The van der Waals surface area contributed by atoms with Gasteiger partial charge in [-0.2, -0.15) is 0 Å². The van der Waals surface area contributed by atoms with Gasteiger partial charge in [0.2, 0.25) is 0 Å². The molecule has 0 saturated carbocycles. The van der Waals surface area contributed by atoms with E-state index in [2.05, 4.69) is 20.9 Å². The lowest BCUT2D eigenvalue weighted by atomic mass is 10.1. The molecule has 0 aliphatic rings. The molecule has 3 N–H and O–H groups in total. The molecule has 162 valence electrons. The van der Waals surface area contributed by atoms with Crippen LogP contribution in [0.15, 0.2) is 53.5 Å². The van der Waals surface area contributed by atoms with Crippen LogP contribution < -0.4 is 20.7 Å². The van der Waals surface area contributed by atoms with Gasteiger partial charge in [0.15, 0.2) is 17.5 Å². The van der Waals surface area contributed by atoms with Gasteiger partial charge in [0.05, 0.1) is 6.54 Å². The van der Waals surface area contributed by atoms with E-state index in [0.717, 1.165) is 12.0 Å². The number of rotatable bonds is 9. The van der Waals surface area contributed by atoms with Crippen molar-refractivity contribution in [2.45, 2.75) is 45.9 Å². The number of para-hydroxylation sites is 1. The number of nitrogens with zero attached hydrogens (tertiary/aromatic N) is 1. The smallest absolute Gasteiger partial charge is 0.251 e. The third kappa shape index (κ3) is 7.39. The first-order valence-electron chi connectivity index (χ1n) is 10.2. The maximum absolute atomic E-state index is 13.7. The van der Waals surface area contributed by atoms with Crippen LogP contribution in [0.2, 0.25) is 0 Å². The van der Waals surface area contributed by atoms with Gasteiger partial charge in [-0.25, -0.2) is 4.39 Å². The van der Waals surface area contributed by atoms with Crippen molar-refractivity contribution in [3.63, 3.8) is 0 Å². The van der Waals surface area contributed by atoms with Crippen LogP contribution in [0.3, 0.4) is 0 Å². The normalized spacial score (nSPS) is 13.3. The van der Waals surface area contributed by atoms with Crippen molar-refractivity contribution in [2.75, 3.05) is 13.6 Å². The van der Waals surface area contributed by atoms with Crippen LogP contribution in [0.25, 0.3) is 0 Å². The molecule has 30 heavy (non-hydrogen) atoms. The third-order valence-corrected chi connectivity index (χ3v) is 4.61. The predicted molar refractivity (Wildman–Crippen MR) is 118 cm³/mol. The van der Waals surface area contributed by atoms with Gasteiger partial charge in [-0.15, -0.1) is 0 Å². The van der Waals surface area contributed by atoms with Gasteiger partial charge in [0.25, 0.3) is 5.91 Å². The van der Waals surface area contributed by atoms with Crippen LogP contribution >= 0.6 is 0 Å². The molecule has 2 rings (SSSR count). The highest BCUT2D eigenvalue weighted by Crippen LogP contribution is 2.16. The molecular formula is C23H31FN4O2. The number of hydrogen-bond acceptors (Lipinski definition) is 3. The molecular weight excluding hydrogens is 383 g/mol. The molecule has 2 unspecified atom stereocenters. The van der Waals surface area contributed by atoms with Gasteiger partial charge in [0.1, 0.15) is 6.10 Å². The number of aliphatic imine (C=N–C) groups is 1. The molecule has 0 spiro atoms. The summed E-state index contributed by atoms with van der Waals surface area (Å²) in [5, 5.41) is 9.33. The molecule has 7 heteroatoms. The second-order valence-corrected chi connectivity index (χ2v) is 7.15. The molecule has 0 aliphatic heterocycles. The molecule has 0 aliphatic carbocycles. The van der Waals surface area contributed by atoms with E-state index in [9.17, 15) is 9.18 Å². The Labute approximate surface area is 177 Å². The van der Waals surface area contributed by atoms with Crippen molar-refractivity contribution in [3.8, 4) is 5.75 Å². The Morgan fingerprint density at radius 1 is 1.10 bits per heavy atom. The van der Waals surface area contributed by atoms with E-state index in [0.29, 0.717) is 24.6 Å². The molecule has 6 nitrogen and oxygen atoms in total. The highest BCUT2D eigenvalue weighted by Gasteiger charge is 2.10. The monoisotopic (exact) mass is 414 g/mol. The summed E-state index contributed by atoms with van der Waals surface area (Å²) in [5.74, 6) is 0.392. The maximum Gasteiger partial charge on any atom is 0.251 e. The van der Waals surface area contributed by atoms with Gasteiger partial charge in [0, 0.05) is 25.2 Å². The number of guanidine groups is 1. The maximum atomic E-state index is 13.7. The standard InChI is InChI=1S/C23H31FN4O2/c1-5-16(2)28-22(29)19-12-10-18(11-13-19)15-27-23(25-4)26-14-17(3)30-21-9-7-6-8-20(21)24/h6-13,16-17H,5,14-15H2,1-4H3,(H,28,29)(H2,25,26,27). The van der Waals surface area contributed by atoms with Gasteiger partial charge < -0.3 is 20.7 Å². The SMILES string of the molecule is CCC(C)NC(=O)c1ccc(CNC(=NC)NCC(C)Oc2ccccc2F)cc1. The van der Waals surface area contributed by atoms with Crippen molar-refractivity contribution < 1.29 is 13.9 Å². The fourth-order valence-electron chi connectivity index (χ4n) is 2.63. The highest BCUT2D eigenvalue weighted by atomic mass is 19.1. The zero-order valence-corrected chi connectivity index (χ0v) is 18.0. The molecule has 0 radical (unpaired) electrons. The lowest BCUT2D eigenvalue weighted by Gasteiger charge is -2.18. The quantitative estimate of drug-likeness (QED) is 0.434. The van der Waals surface area contributed by atoms with E-state index in [-0.39, 0.29) is 29.6 Å². The van der Waals surface area contributed by atoms with E-state index < -0.39 is 0 Å². The molecule has 2 aromatic rings. The number of carbonyl (C=O) groups excluding carboxylic acids is 1. The largest absolute Gasteiger partial charge is 0.486 e. The summed E-state index contributed by atoms with van der Waals surface area (Å²) >= 11 is 0. The first-order valence-corrected chi connectivity index (χ1v) is 10.2. The van der Waals surface area contributed by atoms with Crippen LogP contribution in [0.5, 0.6) is 5.75 Å². The minimum Gasteiger partial charge on any atom is -0.486 e. The Balaban J connectivity index is 1.79. The van der Waals surface area contributed by atoms with E-state index in [4.69, 9.17) is 4.74 Å². The molecule has 0 bridgehead atoms. The Morgan fingerprint density at radius 3 is 2.43 bits per heavy atom. The fraction of sp³-hybridized carbons (Fsp3) is 0.391. The number of benzene rings is 2. The average molecular weight is 415 g/mol. The molecule has 0 aromatic heterocycles. The topological polar surface area (TPSA) is 74.8 Å². The summed E-state index contributed by atoms with van der Waals surface area (Å²) in [6, 6.07) is 13.9. The summed E-state index contributed by atoms with van der Waals surface area (Å²) in [4.78, 5) is 16.3. The summed E-state index contributed by atoms with van der Waals surface area (Å²) < 4.78 is 19.3. The van der Waals surface area contributed by atoms with E-state index in [1.807, 2.05) is 45.0 Å². The van der Waals surface area contributed by atoms with Gasteiger partial charge >= 0.3 is 0 Å². The second-order valence-electron chi connectivity index (χ2n) is 7.15. The van der Waals surface area contributed by atoms with Crippen molar-refractivity contribution in [3.05, 3.63) is 65.5 Å². The van der Waals surface area contributed by atoms with E-state index >= 15 is 0 Å². The van der Waals surface area contributed by atoms with Crippen molar-refractivity contribution in [2.24, 2.45) is 4.99 Å². The molecule has 2 aromatic carbocycles. The molecule has 0 fully saturated rings. The van der Waals surface area contributed by atoms with E-state index in [1.165, 1.54) is 6.07 Å². The predicted octanol–water partition coefficient (Wildman–Crippen LogP) is 3.49. The number of nitrogens with one attached hydrogen (secondary N) is 3. The van der Waals surface area contributed by atoms with Gasteiger partial charge in [-0.05, 0) is 50.1 Å². The number of hydrogen-bond donors (Lipinski definition) is 3. The summed E-state index contributed by atoms with van der Waals surface area (Å²) in [6.07, 6.45) is 0.646. The minimum atomic E-state index is -0.381. The second kappa shape index (κ2) is 11.8. The Kier molecular flexibility index (Phi) is 9.12. The van der Waals surface area contributed by atoms with Gasteiger partial charge in [-0.3, -0.25) is 9.79 Å². The fourth-order valence-corrected chi connectivity index (χ4v) is 2.63. The molecule has 0 saturated heterocycles. The third-order valence-electron chi connectivity index (χ3n) is 4.61. The summed E-state index contributed by atoms with van der Waals surface area (Å²) in [6.45, 7) is 6.89. The lowest BCUT2D eigenvalue weighted by Crippen LogP contribution is -2.41. The van der Waals surface area contributed by atoms with Crippen molar-refractivity contribution in [1.82, 2.24) is 16.0 Å². The van der Waals surface area contributed by atoms with E-state index in [1.54, 1.807) is 25.2 Å². The average Bonchev–Trinajstić information content (AvgIpc) is 2.75. The number of ether oxygens (including phenoxy) is 1. The number of carbonyl (C=O) groups is 1. The Bertz CT molecular complexity index is 839. The summed E-state index contributed by atoms with van der Waals surface area (Å²) in [5.41, 5.74) is 1.66. The molecule has 2 atom stereocenters. The van der Waals surface area contributed by atoms with Crippen LogP contribution in [-0.2, 0) is 6.54 Å². The zero-order valence-electron chi connectivity index (χ0n) is 18.0. The Morgan fingerprint density at radius 2 is 1.80 bits per heavy atom. The van der Waals surface area contributed by atoms with Crippen molar-refractivity contribution >= 4 is 11.9 Å².